The van der Waals surface area contributed by atoms with Crippen LogP contribution in [-0.2, 0) is 9.59 Å². The summed E-state index contributed by atoms with van der Waals surface area (Å²) in [5.74, 6) is -1.89. The molecule has 0 saturated carbocycles. The zero-order valence-corrected chi connectivity index (χ0v) is 6.70. The quantitative estimate of drug-likeness (QED) is 0.590. The van der Waals surface area contributed by atoms with Crippen molar-refractivity contribution in [2.45, 2.75) is 5.92 Å². The molecule has 1 aromatic carbocycles. The largest absolute Gasteiger partial charge is 0.369 e. The second-order valence-corrected chi connectivity index (χ2v) is 2.82. The number of rotatable bonds is 1. The Morgan fingerprint density at radius 2 is 2.38 bits per heavy atom. The van der Waals surface area contributed by atoms with Gasteiger partial charge in [-0.25, -0.2) is 0 Å². The summed E-state index contributed by atoms with van der Waals surface area (Å²) in [6.45, 7) is 0. The summed E-state index contributed by atoms with van der Waals surface area (Å²) < 4.78 is 0. The normalized spacial score (nSPS) is 19.4. The van der Waals surface area contributed by atoms with E-state index in [-0.39, 0.29) is 5.91 Å². The monoisotopic (exact) mass is 175 g/mol. The molecule has 65 valence electrons. The fourth-order valence-electron chi connectivity index (χ4n) is 1.41. The van der Waals surface area contributed by atoms with Gasteiger partial charge in [0.1, 0.15) is 5.92 Å². The van der Waals surface area contributed by atoms with Crippen molar-refractivity contribution in [3.63, 3.8) is 0 Å². The Morgan fingerprint density at radius 1 is 1.62 bits per heavy atom. The predicted octanol–water partition coefficient (Wildman–Crippen LogP) is 0.00779. The molecule has 1 aliphatic rings. The number of nitrogens with two attached hydrogens (primary N) is 1. The Morgan fingerprint density at radius 3 is 3.08 bits per heavy atom. The first kappa shape index (κ1) is 7.79. The van der Waals surface area contributed by atoms with Gasteiger partial charge in [-0.05, 0) is 12.1 Å². The minimum Gasteiger partial charge on any atom is -0.369 e. The van der Waals surface area contributed by atoms with Crippen LogP contribution in [0.2, 0.25) is 0 Å². The molecule has 0 aliphatic carbocycles. The molecule has 1 aliphatic heterocycles. The molecular weight excluding hydrogens is 168 g/mol. The molecule has 1 atom stereocenters. The Labute approximate surface area is 74.7 Å². The predicted molar refractivity (Wildman–Crippen MR) is 45.8 cm³/mol. The fourth-order valence-corrected chi connectivity index (χ4v) is 1.41. The molecule has 4 nitrogen and oxygen atoms in total. The molecule has 1 aromatic rings. The topological polar surface area (TPSA) is 72.2 Å². The van der Waals surface area contributed by atoms with Crippen molar-refractivity contribution in [2.75, 3.05) is 5.32 Å². The third-order valence-electron chi connectivity index (χ3n) is 1.98. The third kappa shape index (κ3) is 1.07. The van der Waals surface area contributed by atoms with Crippen LogP contribution < -0.4 is 11.1 Å². The first-order chi connectivity index (χ1) is 6.20. The molecular formula is C9H7N2O2. The van der Waals surface area contributed by atoms with E-state index in [0.717, 1.165) is 0 Å². The van der Waals surface area contributed by atoms with E-state index >= 15 is 0 Å². The Bertz CT molecular complexity index is 387. The highest BCUT2D eigenvalue weighted by Gasteiger charge is 2.34. The van der Waals surface area contributed by atoms with Crippen LogP contribution in [0.1, 0.15) is 11.5 Å². The van der Waals surface area contributed by atoms with Crippen LogP contribution in [0.3, 0.4) is 0 Å². The first-order valence-corrected chi connectivity index (χ1v) is 3.81. The highest BCUT2D eigenvalue weighted by molar-refractivity contribution is 6.15. The van der Waals surface area contributed by atoms with Crippen LogP contribution in [0.5, 0.6) is 0 Å². The second-order valence-electron chi connectivity index (χ2n) is 2.82. The number of carbonyl (C=O) groups is 2. The van der Waals surface area contributed by atoms with E-state index < -0.39 is 11.8 Å². The van der Waals surface area contributed by atoms with Crippen LogP contribution in [0.15, 0.2) is 18.2 Å². The minimum absolute atomic E-state index is 0.370. The number of anilines is 1. The van der Waals surface area contributed by atoms with Gasteiger partial charge >= 0.3 is 0 Å². The van der Waals surface area contributed by atoms with Crippen molar-refractivity contribution in [3.05, 3.63) is 29.8 Å². The smallest absolute Gasteiger partial charge is 0.241 e. The number of carbonyl (C=O) groups excluding carboxylic acids is 2. The molecule has 0 bridgehead atoms. The maximum atomic E-state index is 11.2. The Hall–Kier alpha value is -1.84. The van der Waals surface area contributed by atoms with Gasteiger partial charge in [-0.2, -0.15) is 0 Å². The zero-order valence-electron chi connectivity index (χ0n) is 6.70. The van der Waals surface area contributed by atoms with Gasteiger partial charge < -0.3 is 11.1 Å². The van der Waals surface area contributed by atoms with E-state index in [9.17, 15) is 9.59 Å². The molecule has 3 N–H and O–H groups in total. The Kier molecular flexibility index (Phi) is 1.55. The molecule has 4 heteroatoms. The summed E-state index contributed by atoms with van der Waals surface area (Å²) in [5, 5.41) is 2.56. The van der Waals surface area contributed by atoms with Crippen molar-refractivity contribution >= 4 is 17.5 Å². The van der Waals surface area contributed by atoms with Crippen LogP contribution in [0.25, 0.3) is 0 Å². The summed E-state index contributed by atoms with van der Waals surface area (Å²) >= 11 is 0. The minimum atomic E-state index is -0.879. The van der Waals surface area contributed by atoms with Gasteiger partial charge in [0.15, 0.2) is 0 Å². The van der Waals surface area contributed by atoms with Crippen molar-refractivity contribution in [3.8, 4) is 0 Å². The first-order valence-electron chi connectivity index (χ1n) is 3.81. The van der Waals surface area contributed by atoms with E-state index in [1.807, 2.05) is 0 Å². The maximum Gasteiger partial charge on any atom is 0.241 e. The van der Waals surface area contributed by atoms with E-state index in [0.29, 0.717) is 11.3 Å². The highest BCUT2D eigenvalue weighted by atomic mass is 16.2. The van der Waals surface area contributed by atoms with Gasteiger partial charge in [-0.3, -0.25) is 9.59 Å². The van der Waals surface area contributed by atoms with Crippen LogP contribution >= 0.6 is 0 Å². The van der Waals surface area contributed by atoms with Crippen LogP contribution in [0, 0.1) is 6.07 Å². The van der Waals surface area contributed by atoms with Crippen molar-refractivity contribution in [1.82, 2.24) is 0 Å². The van der Waals surface area contributed by atoms with Crippen molar-refractivity contribution in [1.29, 1.82) is 0 Å². The van der Waals surface area contributed by atoms with E-state index in [2.05, 4.69) is 11.4 Å². The lowest BCUT2D eigenvalue weighted by Gasteiger charge is -2.01. The summed E-state index contributed by atoms with van der Waals surface area (Å²) in [7, 11) is 0. The molecule has 0 fully saturated rings. The maximum absolute atomic E-state index is 11.2. The zero-order chi connectivity index (χ0) is 9.42. The average Bonchev–Trinajstić information content (AvgIpc) is 2.39. The number of fused-ring (bicyclic) bond motifs is 1. The number of amides is 2. The molecule has 2 amide bonds. The summed E-state index contributed by atoms with van der Waals surface area (Å²) in [6, 6.07) is 7.93. The van der Waals surface area contributed by atoms with E-state index in [4.69, 9.17) is 5.73 Å². The highest BCUT2D eigenvalue weighted by Crippen LogP contribution is 2.30. The summed E-state index contributed by atoms with van der Waals surface area (Å²) in [5.41, 5.74) is 6.25. The van der Waals surface area contributed by atoms with E-state index in [1.165, 1.54) is 0 Å². The van der Waals surface area contributed by atoms with Gasteiger partial charge in [-0.1, -0.05) is 12.1 Å². The molecule has 0 spiro atoms. The van der Waals surface area contributed by atoms with Crippen molar-refractivity contribution < 1.29 is 9.59 Å². The van der Waals surface area contributed by atoms with Gasteiger partial charge in [0.2, 0.25) is 11.8 Å². The van der Waals surface area contributed by atoms with E-state index in [1.54, 1.807) is 18.2 Å². The molecule has 1 radical (unpaired) electrons. The lowest BCUT2D eigenvalue weighted by molar-refractivity contribution is -0.126. The number of primary amides is 1. The van der Waals surface area contributed by atoms with Gasteiger partial charge in [0.05, 0.1) is 0 Å². The second kappa shape index (κ2) is 2.58. The van der Waals surface area contributed by atoms with Gasteiger partial charge in [0.25, 0.3) is 0 Å². The van der Waals surface area contributed by atoms with Crippen LogP contribution in [-0.4, -0.2) is 11.8 Å². The molecule has 0 aromatic heterocycles. The number of nitrogens with one attached hydrogen (secondary N) is 1. The molecule has 13 heavy (non-hydrogen) atoms. The van der Waals surface area contributed by atoms with Gasteiger partial charge in [0, 0.05) is 11.3 Å². The Balaban J connectivity index is 2.52. The summed E-state index contributed by atoms with van der Waals surface area (Å²) in [4.78, 5) is 22.2. The standard InChI is InChI=1S/C9H7N2O2/c10-8(12)7-5-3-1-2-4-6(5)11-9(7)13/h1-2,4,7H,(H2,10,12)(H,11,13). The SMILES string of the molecule is NC(=O)C1C(=O)Nc2ccc[c]c21. The average molecular weight is 175 g/mol. The number of hydrogen-bond donors (Lipinski definition) is 2. The molecule has 2 rings (SSSR count). The summed E-state index contributed by atoms with van der Waals surface area (Å²) in [6.07, 6.45) is 0. The fraction of sp³-hybridized carbons (Fsp3) is 0.111. The number of hydrogen-bond acceptors (Lipinski definition) is 2. The molecule has 1 unspecified atom stereocenters. The lowest BCUT2D eigenvalue weighted by Crippen LogP contribution is -2.27. The number of benzene rings is 1. The van der Waals surface area contributed by atoms with Crippen molar-refractivity contribution in [2.24, 2.45) is 5.73 Å². The molecule has 1 heterocycles. The van der Waals surface area contributed by atoms with Crippen LogP contribution in [0.4, 0.5) is 5.69 Å². The van der Waals surface area contributed by atoms with Gasteiger partial charge in [-0.15, -0.1) is 0 Å². The lowest BCUT2D eigenvalue weighted by atomic mass is 10.0. The molecule has 0 saturated heterocycles. The third-order valence-corrected chi connectivity index (χ3v) is 1.98.